The Bertz CT molecular complexity index is 1660. The summed E-state index contributed by atoms with van der Waals surface area (Å²) >= 11 is 0. The van der Waals surface area contributed by atoms with Crippen LogP contribution in [0, 0.1) is 22.0 Å². The molecule has 15 nitrogen and oxygen atoms in total. The molecule has 0 bridgehead atoms. The van der Waals surface area contributed by atoms with E-state index in [1.54, 1.807) is 14.2 Å². The van der Waals surface area contributed by atoms with E-state index < -0.39 is 35.0 Å². The highest BCUT2D eigenvalue weighted by atomic mass is 16.7. The van der Waals surface area contributed by atoms with Crippen LogP contribution in [0.1, 0.15) is 80.1 Å². The van der Waals surface area contributed by atoms with Crippen LogP contribution >= 0.6 is 0 Å². The van der Waals surface area contributed by atoms with Gasteiger partial charge in [-0.1, -0.05) is 23.3 Å². The second-order valence-electron chi connectivity index (χ2n) is 16.6. The van der Waals surface area contributed by atoms with Gasteiger partial charge in [0.05, 0.1) is 49.3 Å². The molecule has 2 aliphatic carbocycles. The number of carbonyl (C=O) groups is 2. The largest absolute Gasteiger partial charge is 0.514 e. The summed E-state index contributed by atoms with van der Waals surface area (Å²) in [5.74, 6) is 0.124. The first-order valence-corrected chi connectivity index (χ1v) is 19.4. The highest BCUT2D eigenvalue weighted by molar-refractivity contribution is 5.64. The Hall–Kier alpha value is -3.60. The van der Waals surface area contributed by atoms with Crippen LogP contribution in [0.2, 0.25) is 0 Å². The number of ether oxygens (including phenoxy) is 10. The lowest BCUT2D eigenvalue weighted by molar-refractivity contribution is -0.384. The fourth-order valence-corrected chi connectivity index (χ4v) is 9.19. The summed E-state index contributed by atoms with van der Waals surface area (Å²) in [6.07, 6.45) is 6.06. The molecule has 4 aliphatic heterocycles. The molecule has 310 valence electrons. The Morgan fingerprint density at radius 1 is 0.768 bits per heavy atom. The van der Waals surface area contributed by atoms with Crippen LogP contribution in [0.5, 0.6) is 5.75 Å². The summed E-state index contributed by atoms with van der Waals surface area (Å²) in [5, 5.41) is 10.8. The molecular weight excluding hydrogens is 730 g/mol. The fraction of sp³-hybridized carbons (Fsp3) is 0.707. The summed E-state index contributed by atoms with van der Waals surface area (Å²) in [7, 11) is 4.58. The van der Waals surface area contributed by atoms with Gasteiger partial charge in [0.2, 0.25) is 0 Å². The van der Waals surface area contributed by atoms with Crippen molar-refractivity contribution in [3.8, 4) is 5.75 Å². The van der Waals surface area contributed by atoms with Gasteiger partial charge in [0, 0.05) is 26.4 Å². The average molecular weight is 788 g/mol. The lowest BCUT2D eigenvalue weighted by atomic mass is 9.68. The molecule has 7 rings (SSSR count). The van der Waals surface area contributed by atoms with Crippen molar-refractivity contribution in [1.82, 2.24) is 0 Å². The van der Waals surface area contributed by atoms with Crippen molar-refractivity contribution in [2.24, 2.45) is 11.8 Å². The molecule has 6 fully saturated rings. The van der Waals surface area contributed by atoms with E-state index in [0.29, 0.717) is 19.4 Å². The maximum Gasteiger partial charge on any atom is 0.514 e. The monoisotopic (exact) mass is 787 g/mol. The number of benzene rings is 1. The number of epoxide rings is 4. The fourth-order valence-electron chi connectivity index (χ4n) is 9.19. The van der Waals surface area contributed by atoms with E-state index in [9.17, 15) is 19.7 Å². The van der Waals surface area contributed by atoms with Crippen LogP contribution in [-0.2, 0) is 42.6 Å². The molecule has 4 heterocycles. The first-order valence-electron chi connectivity index (χ1n) is 19.4. The van der Waals surface area contributed by atoms with E-state index in [1.807, 2.05) is 0 Å². The first kappa shape index (κ1) is 42.0. The normalized spacial score (nSPS) is 38.6. The van der Waals surface area contributed by atoms with E-state index in [-0.39, 0.29) is 64.5 Å². The van der Waals surface area contributed by atoms with E-state index in [0.717, 1.165) is 32.3 Å². The maximum atomic E-state index is 12.4. The zero-order chi connectivity index (χ0) is 40.6. The summed E-state index contributed by atoms with van der Waals surface area (Å²) in [4.78, 5) is 34.3. The molecule has 15 heteroatoms. The Balaban J connectivity index is 0.000000198. The van der Waals surface area contributed by atoms with Crippen molar-refractivity contribution in [3.05, 3.63) is 57.7 Å². The molecule has 0 aromatic heterocycles. The van der Waals surface area contributed by atoms with Crippen molar-refractivity contribution in [2.75, 3.05) is 34.5 Å². The third-order valence-corrected chi connectivity index (χ3v) is 12.4. The molecular formula is C41H57NO14. The minimum atomic E-state index is -0.875. The van der Waals surface area contributed by atoms with Gasteiger partial charge in [-0.2, -0.15) is 0 Å². The topological polar surface area (TPSA) is 183 Å². The van der Waals surface area contributed by atoms with Crippen molar-refractivity contribution in [3.63, 3.8) is 0 Å². The second-order valence-corrected chi connectivity index (χ2v) is 16.6. The van der Waals surface area contributed by atoms with Gasteiger partial charge >= 0.3 is 12.3 Å². The van der Waals surface area contributed by atoms with Crippen LogP contribution < -0.4 is 4.74 Å². The number of allylic oxidation sites excluding steroid dienone is 2. The minimum Gasteiger partial charge on any atom is -0.438 e. The van der Waals surface area contributed by atoms with Crippen molar-refractivity contribution < 1.29 is 61.9 Å². The zero-order valence-electron chi connectivity index (χ0n) is 33.9. The molecule has 2 spiro atoms. The number of hydrogen-bond donors (Lipinski definition) is 0. The number of hydrogen-bond acceptors (Lipinski definition) is 14. The molecule has 0 radical (unpaired) electrons. The molecule has 0 amide bonds. The predicted molar refractivity (Wildman–Crippen MR) is 200 cm³/mol. The standard InChI is InChI=1S/C23H29NO8.C18H28O6/c1-14(2)5-10-18-22(3,32-18)20-19(28-4)17(11-12-23(20)13-29-23)31-21(25)30-16-8-6-15(7-9-16)24(26)27;1-11(2)6-7-13-17(3,24-13)15-14(20-4)12(23-16(19)21-5)8-9-18(15)10-22-18/h5-9,17-20H,10-13H2,1-4H3;6,12-15H,7-10H2,1-5H3/t17-,18-,19-,20-,22+,23+;12-,13-,14-,15-,17+,18+/m11/s1. The van der Waals surface area contributed by atoms with Crippen LogP contribution in [0.15, 0.2) is 47.6 Å². The summed E-state index contributed by atoms with van der Waals surface area (Å²) in [6, 6.07) is 5.25. The van der Waals surface area contributed by atoms with Gasteiger partial charge in [-0.25, -0.2) is 9.59 Å². The van der Waals surface area contributed by atoms with Gasteiger partial charge in [0.25, 0.3) is 5.69 Å². The zero-order valence-corrected chi connectivity index (χ0v) is 33.9. The number of non-ortho nitro benzene ring substituents is 1. The summed E-state index contributed by atoms with van der Waals surface area (Å²) in [6.45, 7) is 13.9. The molecule has 56 heavy (non-hydrogen) atoms. The van der Waals surface area contributed by atoms with Crippen LogP contribution in [0.25, 0.3) is 0 Å². The van der Waals surface area contributed by atoms with Gasteiger partial charge in [-0.05, 0) is 92.2 Å². The number of nitro benzene ring substituents is 1. The molecule has 1 aromatic rings. The smallest absolute Gasteiger partial charge is 0.438 e. The number of methoxy groups -OCH3 is 3. The lowest BCUT2D eigenvalue weighted by Gasteiger charge is -2.42. The number of nitro groups is 1. The summed E-state index contributed by atoms with van der Waals surface area (Å²) < 4.78 is 56.6. The Morgan fingerprint density at radius 3 is 1.55 bits per heavy atom. The molecule has 0 unspecified atom stereocenters. The third kappa shape index (κ3) is 8.77. The third-order valence-electron chi connectivity index (χ3n) is 12.4. The minimum absolute atomic E-state index is 0.0361. The van der Waals surface area contributed by atoms with E-state index in [1.165, 1.54) is 42.5 Å². The molecule has 1 aromatic carbocycles. The Labute approximate surface area is 328 Å². The SMILES string of the molecule is COC(=O)O[C@@H]1CC[C@]2(CO2)[C@@H]([C@@]2(C)O[C@@H]2CC=C(C)C)[C@@H]1OC.CO[C@@H]1[C@H](OC(=O)Oc2ccc([N+](=O)[O-])cc2)CC[C@]2(CO2)[C@H]1[C@@]1(C)O[C@@H]1CC=C(C)C. The average Bonchev–Trinajstić information content (AvgIpc) is 4.03. The highest BCUT2D eigenvalue weighted by Crippen LogP contribution is 2.61. The van der Waals surface area contributed by atoms with Crippen molar-refractivity contribution >= 4 is 18.0 Å². The molecule has 6 aliphatic rings. The van der Waals surface area contributed by atoms with Crippen molar-refractivity contribution in [2.45, 2.75) is 139 Å². The van der Waals surface area contributed by atoms with Crippen LogP contribution in [-0.4, -0.2) is 111 Å². The Morgan fingerprint density at radius 2 is 1.20 bits per heavy atom. The Kier molecular flexibility index (Phi) is 12.3. The van der Waals surface area contributed by atoms with Gasteiger partial charge in [0.1, 0.15) is 52.6 Å². The molecule has 2 saturated carbocycles. The maximum absolute atomic E-state index is 12.4. The summed E-state index contributed by atoms with van der Waals surface area (Å²) in [5.41, 5.74) is 1.18. The van der Waals surface area contributed by atoms with Gasteiger partial charge in [-0.15, -0.1) is 0 Å². The molecule has 0 N–H and O–H groups in total. The van der Waals surface area contributed by atoms with Gasteiger partial charge in [-0.3, -0.25) is 10.1 Å². The lowest BCUT2D eigenvalue weighted by Crippen LogP contribution is -2.55. The first-order chi connectivity index (χ1) is 26.5. The van der Waals surface area contributed by atoms with E-state index in [2.05, 4.69) is 58.4 Å². The van der Waals surface area contributed by atoms with Gasteiger partial charge in [0.15, 0.2) is 0 Å². The second kappa shape index (κ2) is 16.3. The predicted octanol–water partition coefficient (Wildman–Crippen LogP) is 7.03. The quantitative estimate of drug-likeness (QED) is 0.0525. The highest BCUT2D eigenvalue weighted by Gasteiger charge is 2.73. The number of carbonyl (C=O) groups excluding carboxylic acids is 2. The molecule has 12 atom stereocenters. The van der Waals surface area contributed by atoms with E-state index in [4.69, 9.17) is 42.6 Å². The number of rotatable bonds is 12. The van der Waals surface area contributed by atoms with E-state index >= 15 is 0 Å². The van der Waals surface area contributed by atoms with Crippen LogP contribution in [0.3, 0.4) is 0 Å². The van der Waals surface area contributed by atoms with Crippen molar-refractivity contribution in [1.29, 1.82) is 0 Å². The molecule has 4 saturated heterocycles. The van der Waals surface area contributed by atoms with Crippen LogP contribution in [0.4, 0.5) is 15.3 Å². The number of nitrogens with zero attached hydrogens (tertiary/aromatic N) is 1. The van der Waals surface area contributed by atoms with Gasteiger partial charge < -0.3 is 47.4 Å².